The van der Waals surface area contributed by atoms with Gasteiger partial charge in [-0.05, 0) is 17.7 Å². The van der Waals surface area contributed by atoms with Crippen molar-refractivity contribution in [3.8, 4) is 23.6 Å². The Morgan fingerprint density at radius 3 is 2.41 bits per heavy atom. The van der Waals surface area contributed by atoms with Crippen LogP contribution in [0.4, 0.5) is 4.39 Å². The highest BCUT2D eigenvalue weighted by Crippen LogP contribution is 2.44. The van der Waals surface area contributed by atoms with E-state index in [0.717, 1.165) is 0 Å². The van der Waals surface area contributed by atoms with Crippen molar-refractivity contribution >= 4 is 23.2 Å². The summed E-state index contributed by atoms with van der Waals surface area (Å²) in [7, 11) is 0. The summed E-state index contributed by atoms with van der Waals surface area (Å²) in [4.78, 5) is 0. The lowest BCUT2D eigenvalue weighted by Crippen LogP contribution is -2.01. The number of phenols is 1. The monoisotopic (exact) mass is 336 g/mol. The van der Waals surface area contributed by atoms with Crippen molar-refractivity contribution in [1.29, 1.82) is 10.5 Å². The zero-order chi connectivity index (χ0) is 16.3. The predicted molar refractivity (Wildman–Crippen MR) is 78.3 cm³/mol. The van der Waals surface area contributed by atoms with Gasteiger partial charge in [0, 0.05) is 0 Å². The van der Waals surface area contributed by atoms with E-state index in [1.165, 1.54) is 18.2 Å². The van der Waals surface area contributed by atoms with Gasteiger partial charge in [-0.3, -0.25) is 0 Å². The molecule has 0 saturated heterocycles. The molecule has 0 aliphatic rings. The van der Waals surface area contributed by atoms with Crippen molar-refractivity contribution in [3.05, 3.63) is 56.8 Å². The van der Waals surface area contributed by atoms with Crippen LogP contribution in [0.15, 0.2) is 24.3 Å². The second-order valence-corrected chi connectivity index (χ2v) is 4.95. The first kappa shape index (κ1) is 15.9. The van der Waals surface area contributed by atoms with Crippen molar-refractivity contribution in [3.63, 3.8) is 0 Å². The molecule has 0 saturated carbocycles. The van der Waals surface area contributed by atoms with Crippen LogP contribution in [-0.2, 0) is 6.61 Å². The summed E-state index contributed by atoms with van der Waals surface area (Å²) in [5.74, 6) is -1.15. The van der Waals surface area contributed by atoms with Gasteiger partial charge in [-0.15, -0.1) is 0 Å². The Bertz CT molecular complexity index is 826. The Morgan fingerprint density at radius 2 is 1.82 bits per heavy atom. The van der Waals surface area contributed by atoms with E-state index >= 15 is 0 Å². The van der Waals surface area contributed by atoms with Gasteiger partial charge in [0.2, 0.25) is 0 Å². The fourth-order valence-electron chi connectivity index (χ4n) is 1.79. The van der Waals surface area contributed by atoms with E-state index in [0.29, 0.717) is 5.56 Å². The van der Waals surface area contributed by atoms with Crippen molar-refractivity contribution < 1.29 is 14.2 Å². The van der Waals surface area contributed by atoms with E-state index in [9.17, 15) is 9.50 Å². The molecule has 2 aromatic carbocycles. The first-order valence-corrected chi connectivity index (χ1v) is 6.66. The zero-order valence-electron chi connectivity index (χ0n) is 10.9. The number of hydrogen-bond acceptors (Lipinski definition) is 4. The molecule has 0 unspecified atom stereocenters. The maximum absolute atomic E-state index is 13.1. The van der Waals surface area contributed by atoms with Gasteiger partial charge in [0.1, 0.15) is 45.7 Å². The smallest absolute Gasteiger partial charge is 0.159 e. The van der Waals surface area contributed by atoms with Crippen molar-refractivity contribution in [1.82, 2.24) is 0 Å². The normalized spacial score (nSPS) is 9.86. The molecule has 0 aliphatic heterocycles. The van der Waals surface area contributed by atoms with E-state index in [1.54, 1.807) is 18.2 Å². The van der Waals surface area contributed by atoms with E-state index in [-0.39, 0.29) is 33.5 Å². The van der Waals surface area contributed by atoms with E-state index in [1.807, 2.05) is 0 Å². The van der Waals surface area contributed by atoms with Gasteiger partial charge in [0.15, 0.2) is 11.5 Å². The highest BCUT2D eigenvalue weighted by Gasteiger charge is 2.23. The Kier molecular flexibility index (Phi) is 4.72. The maximum Gasteiger partial charge on any atom is 0.159 e. The Labute approximate surface area is 135 Å². The molecule has 0 radical (unpaired) electrons. The largest absolute Gasteiger partial charge is 0.505 e. The molecule has 0 aliphatic carbocycles. The molecular formula is C15H7Cl2FN2O2. The molecule has 0 bridgehead atoms. The minimum atomic E-state index is -0.580. The summed E-state index contributed by atoms with van der Waals surface area (Å²) in [5, 5.41) is 27.4. The third-order valence-corrected chi connectivity index (χ3v) is 3.63. The van der Waals surface area contributed by atoms with Crippen LogP contribution in [0.3, 0.4) is 0 Å². The molecule has 22 heavy (non-hydrogen) atoms. The minimum Gasteiger partial charge on any atom is -0.505 e. The summed E-state index contributed by atoms with van der Waals surface area (Å²) in [6.45, 7) is -0.0852. The summed E-state index contributed by atoms with van der Waals surface area (Å²) in [5.41, 5.74) is -0.0559. The molecule has 110 valence electrons. The number of benzene rings is 2. The summed E-state index contributed by atoms with van der Waals surface area (Å²) in [6.07, 6.45) is 0. The van der Waals surface area contributed by atoms with Crippen LogP contribution in [0.1, 0.15) is 16.7 Å². The van der Waals surface area contributed by atoms with Gasteiger partial charge in [0.05, 0.1) is 0 Å². The molecule has 4 nitrogen and oxygen atoms in total. The summed E-state index contributed by atoms with van der Waals surface area (Å²) in [6, 6.07) is 9.09. The quantitative estimate of drug-likeness (QED) is 0.912. The highest BCUT2D eigenvalue weighted by molar-refractivity contribution is 6.44. The number of nitriles is 2. The molecular weight excluding hydrogens is 330 g/mol. The van der Waals surface area contributed by atoms with Crippen LogP contribution in [0, 0.1) is 28.5 Å². The molecule has 7 heteroatoms. The van der Waals surface area contributed by atoms with Crippen LogP contribution in [-0.4, -0.2) is 5.11 Å². The van der Waals surface area contributed by atoms with Crippen molar-refractivity contribution in [2.24, 2.45) is 0 Å². The number of ether oxygens (including phenoxy) is 1. The van der Waals surface area contributed by atoms with Gasteiger partial charge >= 0.3 is 0 Å². The first-order valence-electron chi connectivity index (χ1n) is 5.91. The van der Waals surface area contributed by atoms with Crippen LogP contribution < -0.4 is 4.74 Å². The van der Waals surface area contributed by atoms with E-state index < -0.39 is 11.6 Å². The second kappa shape index (κ2) is 6.53. The van der Waals surface area contributed by atoms with Crippen molar-refractivity contribution in [2.45, 2.75) is 6.61 Å². The SMILES string of the molecule is N#Cc1c(O)c(Cl)c(Cl)c(OCc2cccc(F)c2)c1C#N. The number of hydrogen-bond donors (Lipinski definition) is 1. The van der Waals surface area contributed by atoms with Crippen LogP contribution in [0.25, 0.3) is 0 Å². The Hall–Kier alpha value is -2.47. The lowest BCUT2D eigenvalue weighted by molar-refractivity contribution is 0.304. The number of aromatic hydroxyl groups is 1. The lowest BCUT2D eigenvalue weighted by Gasteiger charge is -2.13. The average Bonchev–Trinajstić information content (AvgIpc) is 2.51. The fraction of sp³-hybridized carbons (Fsp3) is 0.0667. The fourth-order valence-corrected chi connectivity index (χ4v) is 2.21. The lowest BCUT2D eigenvalue weighted by atomic mass is 10.1. The molecule has 0 amide bonds. The van der Waals surface area contributed by atoms with Crippen LogP contribution >= 0.6 is 23.2 Å². The molecule has 2 rings (SSSR count). The zero-order valence-corrected chi connectivity index (χ0v) is 12.4. The van der Waals surface area contributed by atoms with E-state index in [4.69, 9.17) is 38.5 Å². The molecule has 1 N–H and O–H groups in total. The van der Waals surface area contributed by atoms with Gasteiger partial charge < -0.3 is 9.84 Å². The molecule has 0 aromatic heterocycles. The van der Waals surface area contributed by atoms with Gasteiger partial charge in [-0.2, -0.15) is 10.5 Å². The molecule has 2 aromatic rings. The topological polar surface area (TPSA) is 77.0 Å². The van der Waals surface area contributed by atoms with Crippen LogP contribution in [0.2, 0.25) is 10.0 Å². The highest BCUT2D eigenvalue weighted by atomic mass is 35.5. The third-order valence-electron chi connectivity index (χ3n) is 2.81. The molecule has 0 heterocycles. The van der Waals surface area contributed by atoms with Crippen molar-refractivity contribution in [2.75, 3.05) is 0 Å². The standard InChI is InChI=1S/C15H7Cl2FN2O2/c16-12-13(17)15(11(6-20)10(5-19)14(12)21)22-7-8-2-1-3-9(18)4-8/h1-4,21H,7H2. The Balaban J connectivity index is 2.45. The summed E-state index contributed by atoms with van der Waals surface area (Å²) >= 11 is 11.8. The molecule has 0 fully saturated rings. The number of phenolic OH excluding ortho intramolecular Hbond substituents is 1. The molecule has 0 atom stereocenters. The number of rotatable bonds is 3. The predicted octanol–water partition coefficient (Wildman–Crippen LogP) is 4.16. The van der Waals surface area contributed by atoms with Crippen LogP contribution in [0.5, 0.6) is 11.5 Å². The minimum absolute atomic E-state index is 0.0852. The third kappa shape index (κ3) is 2.92. The second-order valence-electron chi connectivity index (χ2n) is 4.20. The Morgan fingerprint density at radius 1 is 1.14 bits per heavy atom. The molecule has 0 spiro atoms. The van der Waals surface area contributed by atoms with Gasteiger partial charge in [0.25, 0.3) is 0 Å². The first-order chi connectivity index (χ1) is 10.5. The number of halogens is 3. The maximum atomic E-state index is 13.1. The van der Waals surface area contributed by atoms with Gasteiger partial charge in [-0.1, -0.05) is 35.3 Å². The number of nitrogens with zero attached hydrogens (tertiary/aromatic N) is 2. The van der Waals surface area contributed by atoms with Gasteiger partial charge in [-0.25, -0.2) is 4.39 Å². The van der Waals surface area contributed by atoms with E-state index in [2.05, 4.69) is 0 Å². The average molecular weight is 337 g/mol. The summed E-state index contributed by atoms with van der Waals surface area (Å²) < 4.78 is 18.5.